The van der Waals surface area contributed by atoms with Crippen LogP contribution in [0.4, 0.5) is 4.79 Å². The zero-order valence-electron chi connectivity index (χ0n) is 11.2. The summed E-state index contributed by atoms with van der Waals surface area (Å²) >= 11 is 1.66. The molecular weight excluding hydrogens is 280 g/mol. The summed E-state index contributed by atoms with van der Waals surface area (Å²) in [5, 5.41) is 13.8. The molecule has 6 nitrogen and oxygen atoms in total. The van der Waals surface area contributed by atoms with Gasteiger partial charge in [0.25, 0.3) is 0 Å². The Morgan fingerprint density at radius 3 is 3.10 bits per heavy atom. The molecule has 1 aliphatic rings. The van der Waals surface area contributed by atoms with Crippen LogP contribution in [0.2, 0.25) is 0 Å². The lowest BCUT2D eigenvalue weighted by atomic mass is 10.2. The number of amides is 2. The monoisotopic (exact) mass is 298 g/mol. The number of hydrogen-bond donors (Lipinski definition) is 2. The molecule has 0 spiro atoms. The van der Waals surface area contributed by atoms with Gasteiger partial charge in [0.2, 0.25) is 0 Å². The van der Waals surface area contributed by atoms with Crippen LogP contribution in [0.25, 0.3) is 0 Å². The Kier molecular flexibility index (Phi) is 4.97. The number of carbonyl (C=O) groups is 2. The van der Waals surface area contributed by atoms with Crippen molar-refractivity contribution >= 4 is 23.3 Å². The van der Waals surface area contributed by atoms with Gasteiger partial charge in [0.1, 0.15) is 0 Å². The van der Waals surface area contributed by atoms with Crippen molar-refractivity contribution in [3.63, 3.8) is 0 Å². The van der Waals surface area contributed by atoms with Crippen LogP contribution in [-0.2, 0) is 16.0 Å². The number of aliphatic carboxylic acids is 1. The van der Waals surface area contributed by atoms with Gasteiger partial charge in [0, 0.05) is 23.9 Å². The Bertz CT molecular complexity index is 463. The summed E-state index contributed by atoms with van der Waals surface area (Å²) in [7, 11) is 0. The average molecular weight is 298 g/mol. The molecule has 1 aromatic rings. The SMILES string of the molecule is CC(Cc1cccs1)NC(=O)N1CCOC(C(=O)O)C1. The Morgan fingerprint density at radius 2 is 2.45 bits per heavy atom. The van der Waals surface area contributed by atoms with E-state index in [1.54, 1.807) is 11.3 Å². The Labute approximate surface area is 121 Å². The third-order valence-corrected chi connectivity index (χ3v) is 3.99. The summed E-state index contributed by atoms with van der Waals surface area (Å²) in [6.45, 7) is 2.70. The lowest BCUT2D eigenvalue weighted by molar-refractivity contribution is -0.154. The van der Waals surface area contributed by atoms with Gasteiger partial charge in [0.05, 0.1) is 13.2 Å². The number of carboxylic acids is 1. The minimum atomic E-state index is -1.03. The van der Waals surface area contributed by atoms with Crippen molar-refractivity contribution in [2.75, 3.05) is 19.7 Å². The average Bonchev–Trinajstić information content (AvgIpc) is 2.91. The van der Waals surface area contributed by atoms with Crippen LogP contribution in [0.1, 0.15) is 11.8 Å². The van der Waals surface area contributed by atoms with E-state index in [1.807, 2.05) is 24.4 Å². The van der Waals surface area contributed by atoms with E-state index in [4.69, 9.17) is 9.84 Å². The fraction of sp³-hybridized carbons (Fsp3) is 0.538. The van der Waals surface area contributed by atoms with Crippen molar-refractivity contribution < 1.29 is 19.4 Å². The molecule has 1 saturated heterocycles. The second kappa shape index (κ2) is 6.71. The number of nitrogens with zero attached hydrogens (tertiary/aromatic N) is 1. The van der Waals surface area contributed by atoms with Gasteiger partial charge in [-0.05, 0) is 18.4 Å². The highest BCUT2D eigenvalue weighted by atomic mass is 32.1. The van der Waals surface area contributed by atoms with E-state index in [9.17, 15) is 9.59 Å². The number of thiophene rings is 1. The van der Waals surface area contributed by atoms with Crippen LogP contribution in [0, 0.1) is 0 Å². The number of rotatable bonds is 4. The largest absolute Gasteiger partial charge is 0.479 e. The topological polar surface area (TPSA) is 78.9 Å². The van der Waals surface area contributed by atoms with Crippen LogP contribution in [0.15, 0.2) is 17.5 Å². The molecule has 0 radical (unpaired) electrons. The zero-order valence-corrected chi connectivity index (χ0v) is 12.1. The maximum absolute atomic E-state index is 12.1. The Balaban J connectivity index is 1.83. The summed E-state index contributed by atoms with van der Waals surface area (Å²) in [5.74, 6) is -1.03. The molecule has 1 aliphatic heterocycles. The predicted octanol–water partition coefficient (Wildman–Crippen LogP) is 1.17. The fourth-order valence-corrected chi connectivity index (χ4v) is 2.90. The first-order valence-electron chi connectivity index (χ1n) is 6.48. The number of nitrogens with one attached hydrogen (secondary N) is 1. The molecule has 110 valence electrons. The number of ether oxygens (including phenoxy) is 1. The molecule has 2 rings (SSSR count). The fourth-order valence-electron chi connectivity index (χ4n) is 2.07. The highest BCUT2D eigenvalue weighted by Gasteiger charge is 2.29. The molecule has 2 heterocycles. The third kappa shape index (κ3) is 3.94. The molecule has 1 fully saturated rings. The summed E-state index contributed by atoms with van der Waals surface area (Å²) < 4.78 is 5.09. The van der Waals surface area contributed by atoms with Crippen molar-refractivity contribution in [1.82, 2.24) is 10.2 Å². The second-order valence-corrected chi connectivity index (χ2v) is 5.81. The summed E-state index contributed by atoms with van der Waals surface area (Å²) in [6, 6.07) is 3.78. The van der Waals surface area contributed by atoms with Gasteiger partial charge in [-0.1, -0.05) is 6.07 Å². The van der Waals surface area contributed by atoms with Gasteiger partial charge >= 0.3 is 12.0 Å². The van der Waals surface area contributed by atoms with Crippen LogP contribution in [0.3, 0.4) is 0 Å². The predicted molar refractivity (Wildman–Crippen MR) is 75.0 cm³/mol. The Hall–Kier alpha value is -1.60. The normalized spacial score (nSPS) is 20.4. The number of carbonyl (C=O) groups excluding carboxylic acids is 1. The molecule has 20 heavy (non-hydrogen) atoms. The molecule has 0 aromatic carbocycles. The summed E-state index contributed by atoms with van der Waals surface area (Å²) in [5.41, 5.74) is 0. The van der Waals surface area contributed by atoms with Crippen molar-refractivity contribution in [2.24, 2.45) is 0 Å². The van der Waals surface area contributed by atoms with E-state index in [-0.39, 0.29) is 25.2 Å². The van der Waals surface area contributed by atoms with E-state index in [0.717, 1.165) is 6.42 Å². The second-order valence-electron chi connectivity index (χ2n) is 4.78. The maximum Gasteiger partial charge on any atom is 0.334 e. The van der Waals surface area contributed by atoms with E-state index < -0.39 is 12.1 Å². The molecule has 2 amide bonds. The summed E-state index contributed by atoms with van der Waals surface area (Å²) in [4.78, 5) is 25.7. The molecule has 2 N–H and O–H groups in total. The molecular formula is C13H18N2O4S. The smallest absolute Gasteiger partial charge is 0.334 e. The van der Waals surface area contributed by atoms with Gasteiger partial charge in [-0.15, -0.1) is 11.3 Å². The zero-order chi connectivity index (χ0) is 14.5. The minimum Gasteiger partial charge on any atom is -0.479 e. The van der Waals surface area contributed by atoms with Crippen LogP contribution < -0.4 is 5.32 Å². The van der Waals surface area contributed by atoms with E-state index >= 15 is 0 Å². The first kappa shape index (κ1) is 14.8. The lowest BCUT2D eigenvalue weighted by Crippen LogP contribution is -2.53. The van der Waals surface area contributed by atoms with Crippen molar-refractivity contribution in [2.45, 2.75) is 25.5 Å². The van der Waals surface area contributed by atoms with E-state index in [1.165, 1.54) is 9.78 Å². The number of carboxylic acid groups (broad SMARTS) is 1. The van der Waals surface area contributed by atoms with Crippen molar-refractivity contribution in [1.29, 1.82) is 0 Å². The van der Waals surface area contributed by atoms with Crippen LogP contribution >= 0.6 is 11.3 Å². The molecule has 7 heteroatoms. The quantitative estimate of drug-likeness (QED) is 0.874. The van der Waals surface area contributed by atoms with Crippen LogP contribution in [0.5, 0.6) is 0 Å². The van der Waals surface area contributed by atoms with Crippen LogP contribution in [-0.4, -0.2) is 53.8 Å². The van der Waals surface area contributed by atoms with E-state index in [2.05, 4.69) is 5.32 Å². The molecule has 1 aromatic heterocycles. The molecule has 2 atom stereocenters. The highest BCUT2D eigenvalue weighted by molar-refractivity contribution is 7.09. The first-order valence-corrected chi connectivity index (χ1v) is 7.36. The molecule has 0 aliphatic carbocycles. The number of urea groups is 1. The van der Waals surface area contributed by atoms with Gasteiger partial charge in [-0.3, -0.25) is 0 Å². The van der Waals surface area contributed by atoms with Gasteiger partial charge in [-0.2, -0.15) is 0 Å². The van der Waals surface area contributed by atoms with Crippen molar-refractivity contribution in [3.05, 3.63) is 22.4 Å². The van der Waals surface area contributed by atoms with Gasteiger partial charge in [-0.25, -0.2) is 9.59 Å². The standard InChI is InChI=1S/C13H18N2O4S/c1-9(7-10-3-2-6-20-10)14-13(18)15-4-5-19-11(8-15)12(16)17/h2-3,6,9,11H,4-5,7-8H2,1H3,(H,14,18)(H,16,17). The van der Waals surface area contributed by atoms with Crippen molar-refractivity contribution in [3.8, 4) is 0 Å². The summed E-state index contributed by atoms with van der Waals surface area (Å²) in [6.07, 6.45) is -0.155. The molecule has 0 saturated carbocycles. The van der Waals surface area contributed by atoms with E-state index in [0.29, 0.717) is 6.54 Å². The number of hydrogen-bond acceptors (Lipinski definition) is 4. The molecule has 2 unspecified atom stereocenters. The minimum absolute atomic E-state index is 0.00673. The van der Waals surface area contributed by atoms with Gasteiger partial charge < -0.3 is 20.1 Å². The van der Waals surface area contributed by atoms with Gasteiger partial charge in [0.15, 0.2) is 6.10 Å². The maximum atomic E-state index is 12.1. The lowest BCUT2D eigenvalue weighted by Gasteiger charge is -2.31. The first-order chi connectivity index (χ1) is 9.56. The third-order valence-electron chi connectivity index (χ3n) is 3.09. The highest BCUT2D eigenvalue weighted by Crippen LogP contribution is 2.11. The Morgan fingerprint density at radius 1 is 1.65 bits per heavy atom. The number of morpholine rings is 1. The molecule has 0 bridgehead atoms.